The number of likely N-dealkylation sites (tertiary alicyclic amines) is 1. The normalized spacial score (nSPS) is 17.9. The molecule has 2 unspecified atom stereocenters. The number of benzene rings is 2. The number of hydrogen-bond acceptors (Lipinski definition) is 5. The van der Waals surface area contributed by atoms with E-state index in [-0.39, 0.29) is 17.9 Å². The van der Waals surface area contributed by atoms with Crippen molar-refractivity contribution in [1.82, 2.24) is 15.0 Å². The Morgan fingerprint density at radius 1 is 1.15 bits per heavy atom. The second-order valence-electron chi connectivity index (χ2n) is 6.72. The van der Waals surface area contributed by atoms with Gasteiger partial charge < -0.3 is 14.2 Å². The Balaban J connectivity index is 1.50. The van der Waals surface area contributed by atoms with Crippen molar-refractivity contribution < 1.29 is 14.1 Å². The predicted molar refractivity (Wildman–Crippen MR) is 100 cm³/mol. The van der Waals surface area contributed by atoms with Gasteiger partial charge in [0.2, 0.25) is 5.91 Å². The van der Waals surface area contributed by atoms with Crippen LogP contribution in [0.1, 0.15) is 36.7 Å². The first kappa shape index (κ1) is 17.3. The fourth-order valence-electron chi connectivity index (χ4n) is 3.44. The van der Waals surface area contributed by atoms with Gasteiger partial charge in [-0.2, -0.15) is 4.98 Å². The van der Waals surface area contributed by atoms with Gasteiger partial charge in [0.05, 0.1) is 13.2 Å². The van der Waals surface area contributed by atoms with Crippen LogP contribution in [0.3, 0.4) is 0 Å². The summed E-state index contributed by atoms with van der Waals surface area (Å²) in [6, 6.07) is 17.5. The standard InChI is InChI=1S/C21H21N3O3/c1-14(15-6-4-3-5-7-15)24-13-17(12-19(24)25)20-22-21(27-23-20)16-8-10-18(26-2)11-9-16/h3-11,14,17H,12-13H2,1-2H3. The number of methoxy groups -OCH3 is 1. The van der Waals surface area contributed by atoms with E-state index in [0.717, 1.165) is 16.9 Å². The molecule has 6 heteroatoms. The smallest absolute Gasteiger partial charge is 0.257 e. The molecule has 2 heterocycles. The fraction of sp³-hybridized carbons (Fsp3) is 0.286. The van der Waals surface area contributed by atoms with E-state index < -0.39 is 0 Å². The molecule has 138 valence electrons. The van der Waals surface area contributed by atoms with E-state index in [1.54, 1.807) is 7.11 Å². The van der Waals surface area contributed by atoms with E-state index in [0.29, 0.717) is 24.7 Å². The summed E-state index contributed by atoms with van der Waals surface area (Å²) in [5, 5.41) is 4.12. The lowest BCUT2D eigenvalue weighted by molar-refractivity contribution is -0.129. The average molecular weight is 363 g/mol. The van der Waals surface area contributed by atoms with Gasteiger partial charge in [-0.3, -0.25) is 4.79 Å². The first-order valence-electron chi connectivity index (χ1n) is 8.98. The lowest BCUT2D eigenvalue weighted by Crippen LogP contribution is -2.28. The van der Waals surface area contributed by atoms with Gasteiger partial charge in [0.25, 0.3) is 5.89 Å². The van der Waals surface area contributed by atoms with Crippen molar-refractivity contribution >= 4 is 5.91 Å². The molecule has 1 fully saturated rings. The predicted octanol–water partition coefficient (Wildman–Crippen LogP) is 3.82. The van der Waals surface area contributed by atoms with Crippen LogP contribution in [0.4, 0.5) is 0 Å². The third kappa shape index (κ3) is 3.43. The zero-order valence-electron chi connectivity index (χ0n) is 15.3. The van der Waals surface area contributed by atoms with Crippen LogP contribution in [-0.4, -0.2) is 34.6 Å². The van der Waals surface area contributed by atoms with Crippen LogP contribution in [0.5, 0.6) is 5.75 Å². The summed E-state index contributed by atoms with van der Waals surface area (Å²) in [5.41, 5.74) is 1.95. The molecular formula is C21H21N3O3. The highest BCUT2D eigenvalue weighted by molar-refractivity contribution is 5.80. The molecule has 1 amide bonds. The Hall–Kier alpha value is -3.15. The van der Waals surface area contributed by atoms with E-state index in [1.807, 2.05) is 59.5 Å². The second kappa shape index (κ2) is 7.23. The zero-order valence-corrected chi connectivity index (χ0v) is 15.3. The lowest BCUT2D eigenvalue weighted by Gasteiger charge is -2.25. The second-order valence-corrected chi connectivity index (χ2v) is 6.72. The van der Waals surface area contributed by atoms with Crippen molar-refractivity contribution in [3.63, 3.8) is 0 Å². The SMILES string of the molecule is COc1ccc(-c2nc(C3CC(=O)N(C(C)c4ccccc4)C3)no2)cc1. The highest BCUT2D eigenvalue weighted by atomic mass is 16.5. The van der Waals surface area contributed by atoms with Crippen molar-refractivity contribution in [2.75, 3.05) is 13.7 Å². The molecule has 1 aliphatic heterocycles. The summed E-state index contributed by atoms with van der Waals surface area (Å²) in [4.78, 5) is 19.0. The van der Waals surface area contributed by atoms with Crippen LogP contribution in [0, 0.1) is 0 Å². The maximum absolute atomic E-state index is 12.5. The lowest BCUT2D eigenvalue weighted by atomic mass is 10.1. The molecule has 0 radical (unpaired) electrons. The number of amides is 1. The molecule has 0 saturated carbocycles. The summed E-state index contributed by atoms with van der Waals surface area (Å²) in [5.74, 6) is 1.86. The molecule has 0 spiro atoms. The van der Waals surface area contributed by atoms with Gasteiger partial charge >= 0.3 is 0 Å². The molecule has 2 atom stereocenters. The van der Waals surface area contributed by atoms with Gasteiger partial charge in [0, 0.05) is 24.4 Å². The molecule has 4 rings (SSSR count). The first-order chi connectivity index (χ1) is 13.2. The van der Waals surface area contributed by atoms with Crippen LogP contribution in [0.2, 0.25) is 0 Å². The van der Waals surface area contributed by atoms with Gasteiger partial charge in [0.15, 0.2) is 5.82 Å². The molecule has 0 N–H and O–H groups in total. The number of hydrogen-bond donors (Lipinski definition) is 0. The minimum atomic E-state index is -0.0561. The zero-order chi connectivity index (χ0) is 18.8. The Morgan fingerprint density at radius 2 is 1.89 bits per heavy atom. The molecule has 2 aromatic carbocycles. The van der Waals surface area contributed by atoms with Crippen LogP contribution >= 0.6 is 0 Å². The summed E-state index contributed by atoms with van der Waals surface area (Å²) in [6.07, 6.45) is 0.402. The quantitative estimate of drug-likeness (QED) is 0.689. The number of nitrogens with zero attached hydrogens (tertiary/aromatic N) is 3. The third-order valence-corrected chi connectivity index (χ3v) is 5.05. The van der Waals surface area contributed by atoms with Crippen molar-refractivity contribution in [3.8, 4) is 17.2 Å². The highest BCUT2D eigenvalue weighted by Crippen LogP contribution is 2.33. The maximum Gasteiger partial charge on any atom is 0.257 e. The molecule has 1 aliphatic rings. The van der Waals surface area contributed by atoms with Crippen molar-refractivity contribution in [2.45, 2.75) is 25.3 Å². The van der Waals surface area contributed by atoms with Gasteiger partial charge in [0.1, 0.15) is 5.75 Å². The summed E-state index contributed by atoms with van der Waals surface area (Å²) in [6.45, 7) is 2.64. The van der Waals surface area contributed by atoms with Crippen LogP contribution in [-0.2, 0) is 4.79 Å². The molecule has 1 saturated heterocycles. The Bertz CT molecular complexity index is 921. The van der Waals surface area contributed by atoms with Crippen molar-refractivity contribution in [1.29, 1.82) is 0 Å². The Morgan fingerprint density at radius 3 is 2.59 bits per heavy atom. The minimum Gasteiger partial charge on any atom is -0.497 e. The van der Waals surface area contributed by atoms with E-state index >= 15 is 0 Å². The van der Waals surface area contributed by atoms with E-state index in [2.05, 4.69) is 17.1 Å². The largest absolute Gasteiger partial charge is 0.497 e. The highest BCUT2D eigenvalue weighted by Gasteiger charge is 2.36. The number of carbonyl (C=O) groups is 1. The molecular weight excluding hydrogens is 342 g/mol. The molecule has 1 aromatic heterocycles. The van der Waals surface area contributed by atoms with E-state index in [4.69, 9.17) is 9.26 Å². The molecule has 3 aromatic rings. The van der Waals surface area contributed by atoms with Gasteiger partial charge in [-0.25, -0.2) is 0 Å². The first-order valence-corrected chi connectivity index (χ1v) is 8.98. The number of aromatic nitrogens is 2. The van der Waals surface area contributed by atoms with E-state index in [1.165, 1.54) is 0 Å². The summed E-state index contributed by atoms with van der Waals surface area (Å²) < 4.78 is 10.6. The van der Waals surface area contributed by atoms with Crippen LogP contribution < -0.4 is 4.74 Å². The number of rotatable bonds is 5. The van der Waals surface area contributed by atoms with Crippen LogP contribution in [0.15, 0.2) is 59.1 Å². The summed E-state index contributed by atoms with van der Waals surface area (Å²) >= 11 is 0. The maximum atomic E-state index is 12.5. The monoisotopic (exact) mass is 363 g/mol. The molecule has 0 bridgehead atoms. The van der Waals surface area contributed by atoms with E-state index in [9.17, 15) is 4.79 Å². The fourth-order valence-corrected chi connectivity index (χ4v) is 3.44. The third-order valence-electron chi connectivity index (χ3n) is 5.05. The van der Waals surface area contributed by atoms with Gasteiger partial charge in [-0.1, -0.05) is 35.5 Å². The Kier molecular flexibility index (Phi) is 4.62. The van der Waals surface area contributed by atoms with Crippen molar-refractivity contribution in [3.05, 3.63) is 66.0 Å². The molecule has 6 nitrogen and oxygen atoms in total. The van der Waals surface area contributed by atoms with Gasteiger partial charge in [-0.05, 0) is 36.8 Å². The average Bonchev–Trinajstić information content (AvgIpc) is 3.35. The number of carbonyl (C=O) groups excluding carboxylic acids is 1. The van der Waals surface area contributed by atoms with Gasteiger partial charge in [-0.15, -0.1) is 0 Å². The number of ether oxygens (including phenoxy) is 1. The molecule has 27 heavy (non-hydrogen) atoms. The minimum absolute atomic E-state index is 0.0247. The summed E-state index contributed by atoms with van der Waals surface area (Å²) in [7, 11) is 1.62. The van der Waals surface area contributed by atoms with Crippen LogP contribution in [0.25, 0.3) is 11.5 Å². The Labute approximate surface area is 157 Å². The van der Waals surface area contributed by atoms with Crippen molar-refractivity contribution in [2.24, 2.45) is 0 Å². The molecule has 0 aliphatic carbocycles. The topological polar surface area (TPSA) is 68.5 Å².